The van der Waals surface area contributed by atoms with E-state index in [1.165, 1.54) is 17.7 Å². The Labute approximate surface area is 201 Å². The highest BCUT2D eigenvalue weighted by Gasteiger charge is 2.43. The molecule has 2 N–H and O–H groups in total. The molecule has 0 spiro atoms. The normalized spacial score (nSPS) is 19.0. The van der Waals surface area contributed by atoms with Crippen molar-refractivity contribution in [2.24, 2.45) is 4.99 Å². The molecule has 0 atom stereocenters. The van der Waals surface area contributed by atoms with Crippen LogP contribution in [0.3, 0.4) is 0 Å². The Kier molecular flexibility index (Phi) is 8.83. The molecule has 0 radical (unpaired) electrons. The summed E-state index contributed by atoms with van der Waals surface area (Å²) in [6.45, 7) is 4.10. The number of nitrogens with zero attached hydrogens (tertiary/aromatic N) is 3. The molecule has 0 unspecified atom stereocenters. The third kappa shape index (κ3) is 6.85. The van der Waals surface area contributed by atoms with Crippen LogP contribution in [0.15, 0.2) is 64.6 Å². The van der Waals surface area contributed by atoms with Gasteiger partial charge in [0.25, 0.3) is 0 Å². The Morgan fingerprint density at radius 1 is 1.13 bits per heavy atom. The fourth-order valence-electron chi connectivity index (χ4n) is 3.78. The molecule has 1 saturated heterocycles. The fraction of sp³-hybridized carbons (Fsp3) is 0.478. The van der Waals surface area contributed by atoms with Crippen molar-refractivity contribution >= 4 is 41.7 Å². The minimum atomic E-state index is 0. The van der Waals surface area contributed by atoms with Crippen molar-refractivity contribution in [3.05, 3.63) is 60.4 Å². The third-order valence-corrected chi connectivity index (χ3v) is 7.22. The Balaban J connectivity index is 0.00000256. The van der Waals surface area contributed by atoms with Gasteiger partial charge < -0.3 is 10.6 Å². The molecule has 30 heavy (non-hydrogen) atoms. The molecule has 2 aliphatic rings. The molecule has 1 saturated carbocycles. The maximum atomic E-state index is 4.47. The van der Waals surface area contributed by atoms with E-state index in [0.717, 1.165) is 50.7 Å². The van der Waals surface area contributed by atoms with Gasteiger partial charge in [0.2, 0.25) is 0 Å². The molecular formula is C23H32IN5S. The first kappa shape index (κ1) is 23.3. The van der Waals surface area contributed by atoms with Crippen LogP contribution in [0, 0.1) is 0 Å². The lowest BCUT2D eigenvalue weighted by Crippen LogP contribution is -2.49. The van der Waals surface area contributed by atoms with Gasteiger partial charge >= 0.3 is 0 Å². The molecule has 5 nitrogen and oxygen atoms in total. The number of guanidine groups is 1. The lowest BCUT2D eigenvalue weighted by molar-refractivity contribution is 0.196. The maximum absolute atomic E-state index is 4.47. The first-order valence-corrected chi connectivity index (χ1v) is 11.4. The Morgan fingerprint density at radius 2 is 1.87 bits per heavy atom. The molecular weight excluding hydrogens is 505 g/mol. The van der Waals surface area contributed by atoms with Crippen molar-refractivity contribution in [2.75, 3.05) is 26.7 Å². The summed E-state index contributed by atoms with van der Waals surface area (Å²) >= 11 is 2.00. The molecule has 2 heterocycles. The number of benzene rings is 1. The van der Waals surface area contributed by atoms with Gasteiger partial charge in [0, 0.05) is 55.1 Å². The van der Waals surface area contributed by atoms with Gasteiger partial charge in [0.15, 0.2) is 5.96 Å². The maximum Gasteiger partial charge on any atom is 0.191 e. The molecule has 1 aromatic heterocycles. The van der Waals surface area contributed by atoms with Crippen LogP contribution >= 0.6 is 35.7 Å². The van der Waals surface area contributed by atoms with Crippen molar-refractivity contribution in [1.82, 2.24) is 20.5 Å². The van der Waals surface area contributed by atoms with E-state index in [9.17, 15) is 0 Å². The second-order valence-electron chi connectivity index (χ2n) is 8.04. The van der Waals surface area contributed by atoms with Gasteiger partial charge in [0.1, 0.15) is 0 Å². The summed E-state index contributed by atoms with van der Waals surface area (Å²) in [4.78, 5) is 12.8. The number of thioether (sulfide) groups is 1. The summed E-state index contributed by atoms with van der Waals surface area (Å²) in [7, 11) is 1.87. The minimum Gasteiger partial charge on any atom is -0.355 e. The summed E-state index contributed by atoms with van der Waals surface area (Å²) < 4.78 is 0.324. The monoisotopic (exact) mass is 537 g/mol. The van der Waals surface area contributed by atoms with Crippen LogP contribution in [0.2, 0.25) is 0 Å². The van der Waals surface area contributed by atoms with Crippen molar-refractivity contribution in [2.45, 2.75) is 47.9 Å². The molecule has 0 amide bonds. The number of hydrogen-bond donors (Lipinski definition) is 2. The van der Waals surface area contributed by atoms with Crippen LogP contribution in [0.5, 0.6) is 0 Å². The van der Waals surface area contributed by atoms with Crippen molar-refractivity contribution < 1.29 is 0 Å². The number of pyridine rings is 1. The first-order valence-electron chi connectivity index (χ1n) is 10.6. The number of hydrogen-bond acceptors (Lipinski definition) is 4. The molecule has 1 aromatic carbocycles. The van der Waals surface area contributed by atoms with Gasteiger partial charge in [-0.15, -0.1) is 35.7 Å². The van der Waals surface area contributed by atoms with Gasteiger partial charge in [-0.1, -0.05) is 24.3 Å². The second-order valence-corrected chi connectivity index (χ2v) is 9.58. The van der Waals surface area contributed by atoms with E-state index >= 15 is 0 Å². The predicted octanol–water partition coefficient (Wildman–Crippen LogP) is 4.15. The summed E-state index contributed by atoms with van der Waals surface area (Å²) in [6, 6.07) is 17.4. The standard InChI is InChI=1S/C23H31N5S.HI/c1-24-22(26-18-23(12-13-23)29-21-8-3-2-4-9-21)27-19-10-15-28(16-11-19)17-20-7-5-6-14-25-20;/h2-9,14,19H,10-13,15-18H2,1H3,(H2,24,26,27);1H. The highest BCUT2D eigenvalue weighted by molar-refractivity contribution is 14.0. The summed E-state index contributed by atoms with van der Waals surface area (Å²) in [5, 5.41) is 7.23. The molecule has 2 aromatic rings. The van der Waals surface area contributed by atoms with Crippen molar-refractivity contribution in [1.29, 1.82) is 0 Å². The second kappa shape index (κ2) is 11.3. The van der Waals surface area contributed by atoms with Gasteiger partial charge in [-0.2, -0.15) is 0 Å². The van der Waals surface area contributed by atoms with Gasteiger partial charge in [-0.05, 0) is 49.9 Å². The minimum absolute atomic E-state index is 0. The molecule has 162 valence electrons. The van der Waals surface area contributed by atoms with Crippen LogP contribution < -0.4 is 10.6 Å². The van der Waals surface area contributed by atoms with Crippen LogP contribution in [0.1, 0.15) is 31.4 Å². The average Bonchev–Trinajstić information content (AvgIpc) is 3.53. The largest absolute Gasteiger partial charge is 0.355 e. The van der Waals surface area contributed by atoms with Crippen molar-refractivity contribution in [3.63, 3.8) is 0 Å². The number of aliphatic imine (C=N–C) groups is 1. The quantitative estimate of drug-likeness (QED) is 0.316. The SMILES string of the molecule is CN=C(NCC1(Sc2ccccc2)CC1)NC1CCN(Cc2ccccn2)CC1.I. The zero-order valence-electron chi connectivity index (χ0n) is 17.6. The van der Waals surface area contributed by atoms with E-state index in [-0.39, 0.29) is 24.0 Å². The fourth-order valence-corrected chi connectivity index (χ4v) is 5.03. The smallest absolute Gasteiger partial charge is 0.191 e. The average molecular weight is 538 g/mol. The first-order chi connectivity index (χ1) is 14.2. The van der Waals surface area contributed by atoms with Crippen molar-refractivity contribution in [3.8, 4) is 0 Å². The van der Waals surface area contributed by atoms with E-state index in [2.05, 4.69) is 68.0 Å². The van der Waals surface area contributed by atoms with E-state index in [1.54, 1.807) is 0 Å². The van der Waals surface area contributed by atoms with E-state index in [0.29, 0.717) is 10.8 Å². The number of aromatic nitrogens is 1. The number of likely N-dealkylation sites (tertiary alicyclic amines) is 1. The van der Waals surface area contributed by atoms with Crippen LogP contribution in [-0.4, -0.2) is 53.3 Å². The molecule has 2 fully saturated rings. The zero-order chi connectivity index (χ0) is 19.9. The lowest BCUT2D eigenvalue weighted by atomic mass is 10.0. The molecule has 1 aliphatic heterocycles. The predicted molar refractivity (Wildman–Crippen MR) is 137 cm³/mol. The van der Waals surface area contributed by atoms with Crippen LogP contribution in [0.4, 0.5) is 0 Å². The molecule has 1 aliphatic carbocycles. The third-order valence-electron chi connectivity index (χ3n) is 5.73. The zero-order valence-corrected chi connectivity index (χ0v) is 20.7. The topological polar surface area (TPSA) is 52.6 Å². The highest BCUT2D eigenvalue weighted by atomic mass is 127. The van der Waals surface area contributed by atoms with E-state index in [1.807, 2.05) is 31.1 Å². The Bertz CT molecular complexity index is 790. The summed E-state index contributed by atoms with van der Waals surface area (Å²) in [5.41, 5.74) is 1.15. The number of nitrogens with one attached hydrogen (secondary N) is 2. The Morgan fingerprint density at radius 3 is 2.50 bits per heavy atom. The van der Waals surface area contributed by atoms with Gasteiger partial charge in [-0.3, -0.25) is 14.9 Å². The number of halogens is 1. The highest BCUT2D eigenvalue weighted by Crippen LogP contribution is 2.51. The molecule has 7 heteroatoms. The van der Waals surface area contributed by atoms with Crippen LogP contribution in [-0.2, 0) is 6.54 Å². The van der Waals surface area contributed by atoms with Gasteiger partial charge in [-0.25, -0.2) is 0 Å². The van der Waals surface area contributed by atoms with Crippen LogP contribution in [0.25, 0.3) is 0 Å². The van der Waals surface area contributed by atoms with Gasteiger partial charge in [0.05, 0.1) is 5.69 Å². The number of rotatable bonds is 7. The number of piperidine rings is 1. The summed E-state index contributed by atoms with van der Waals surface area (Å²) in [6.07, 6.45) is 6.68. The van der Waals surface area contributed by atoms with E-state index in [4.69, 9.17) is 0 Å². The molecule has 4 rings (SSSR count). The van der Waals surface area contributed by atoms with E-state index < -0.39 is 0 Å². The summed E-state index contributed by atoms with van der Waals surface area (Å²) in [5.74, 6) is 0.938. The lowest BCUT2D eigenvalue weighted by Gasteiger charge is -2.33. The molecule has 0 bridgehead atoms. The Hall–Kier alpha value is -1.32.